The van der Waals surface area contributed by atoms with E-state index in [4.69, 9.17) is 9.84 Å². The molecule has 0 aromatic heterocycles. The van der Waals surface area contributed by atoms with E-state index in [9.17, 15) is 9.18 Å². The van der Waals surface area contributed by atoms with Gasteiger partial charge in [-0.3, -0.25) is 0 Å². The molecule has 0 heterocycles. The fourth-order valence-electron chi connectivity index (χ4n) is 1.60. The van der Waals surface area contributed by atoms with Crippen molar-refractivity contribution in [2.75, 3.05) is 13.2 Å². The van der Waals surface area contributed by atoms with E-state index < -0.39 is 11.8 Å². The molecule has 0 fully saturated rings. The van der Waals surface area contributed by atoms with Crippen LogP contribution in [0.3, 0.4) is 0 Å². The van der Waals surface area contributed by atoms with Crippen molar-refractivity contribution >= 4 is 5.97 Å². The van der Waals surface area contributed by atoms with E-state index in [-0.39, 0.29) is 18.2 Å². The molecule has 18 heavy (non-hydrogen) atoms. The van der Waals surface area contributed by atoms with Gasteiger partial charge < -0.3 is 15.2 Å². The van der Waals surface area contributed by atoms with Gasteiger partial charge in [0, 0.05) is 25.3 Å². The van der Waals surface area contributed by atoms with Crippen molar-refractivity contribution in [3.05, 3.63) is 35.1 Å². The number of aromatic carboxylic acids is 1. The number of carboxylic acid groups (broad SMARTS) is 1. The lowest BCUT2D eigenvalue weighted by Gasteiger charge is -2.13. The summed E-state index contributed by atoms with van der Waals surface area (Å²) in [5, 5.41) is 11.9. The molecule has 0 aliphatic carbocycles. The van der Waals surface area contributed by atoms with Crippen molar-refractivity contribution < 1.29 is 19.0 Å². The molecule has 100 valence electrons. The molecule has 1 aromatic carbocycles. The first kappa shape index (κ1) is 14.6. The number of nitrogens with one attached hydrogen (secondary N) is 1. The lowest BCUT2D eigenvalue weighted by atomic mass is 10.1. The van der Waals surface area contributed by atoms with Gasteiger partial charge in [-0.15, -0.1) is 0 Å². The average molecular weight is 255 g/mol. The summed E-state index contributed by atoms with van der Waals surface area (Å²) in [6.07, 6.45) is 0.0423. The lowest BCUT2D eigenvalue weighted by molar-refractivity contribution is 0.0695. The summed E-state index contributed by atoms with van der Waals surface area (Å²) >= 11 is 0. The van der Waals surface area contributed by atoms with Gasteiger partial charge >= 0.3 is 5.97 Å². The zero-order chi connectivity index (χ0) is 13.5. The van der Waals surface area contributed by atoms with Gasteiger partial charge in [-0.2, -0.15) is 0 Å². The van der Waals surface area contributed by atoms with Crippen LogP contribution in [-0.4, -0.2) is 30.3 Å². The highest BCUT2D eigenvalue weighted by Crippen LogP contribution is 2.10. The highest BCUT2D eigenvalue weighted by Gasteiger charge is 2.08. The van der Waals surface area contributed by atoms with Crippen molar-refractivity contribution in [1.29, 1.82) is 0 Å². The van der Waals surface area contributed by atoms with Gasteiger partial charge in [0.25, 0.3) is 0 Å². The Balaban J connectivity index is 2.56. The summed E-state index contributed by atoms with van der Waals surface area (Å²) in [7, 11) is 0. The van der Waals surface area contributed by atoms with Gasteiger partial charge in [0.15, 0.2) is 0 Å². The van der Waals surface area contributed by atoms with Crippen molar-refractivity contribution in [2.24, 2.45) is 0 Å². The fraction of sp³-hybridized carbons (Fsp3) is 0.462. The molecule has 4 nitrogen and oxygen atoms in total. The predicted molar refractivity (Wildman–Crippen MR) is 66.2 cm³/mol. The summed E-state index contributed by atoms with van der Waals surface area (Å²) in [6.45, 7) is 5.33. The molecule has 0 saturated heterocycles. The van der Waals surface area contributed by atoms with Crippen molar-refractivity contribution in [3.63, 3.8) is 0 Å². The molecule has 2 N–H and O–H groups in total. The minimum Gasteiger partial charge on any atom is -0.478 e. The SMILES string of the molecule is CCOC(C)CNCc1cc(C(=O)O)ccc1F. The van der Waals surface area contributed by atoms with E-state index >= 15 is 0 Å². The van der Waals surface area contributed by atoms with Crippen LogP contribution < -0.4 is 5.32 Å². The Morgan fingerprint density at radius 3 is 2.89 bits per heavy atom. The largest absolute Gasteiger partial charge is 0.478 e. The molecule has 0 aliphatic heterocycles. The number of carbonyl (C=O) groups is 1. The lowest BCUT2D eigenvalue weighted by Crippen LogP contribution is -2.26. The number of ether oxygens (including phenoxy) is 1. The molecule has 0 amide bonds. The van der Waals surface area contributed by atoms with Gasteiger partial charge in [-0.05, 0) is 32.0 Å². The Morgan fingerprint density at radius 1 is 1.56 bits per heavy atom. The molecular weight excluding hydrogens is 237 g/mol. The third-order valence-electron chi connectivity index (χ3n) is 2.49. The fourth-order valence-corrected chi connectivity index (χ4v) is 1.60. The molecule has 0 aliphatic rings. The van der Waals surface area contributed by atoms with Gasteiger partial charge in [-0.25, -0.2) is 9.18 Å². The maximum absolute atomic E-state index is 13.4. The van der Waals surface area contributed by atoms with Crippen LogP contribution in [0.4, 0.5) is 4.39 Å². The minimum absolute atomic E-state index is 0.0423. The average Bonchev–Trinajstić information content (AvgIpc) is 2.31. The van der Waals surface area contributed by atoms with Crippen LogP contribution in [0.1, 0.15) is 29.8 Å². The molecule has 1 rings (SSSR count). The highest BCUT2D eigenvalue weighted by molar-refractivity contribution is 5.87. The maximum atomic E-state index is 13.4. The van der Waals surface area contributed by atoms with Crippen LogP contribution in [-0.2, 0) is 11.3 Å². The van der Waals surface area contributed by atoms with Crippen LogP contribution in [0.5, 0.6) is 0 Å². The molecule has 0 spiro atoms. The molecule has 1 unspecified atom stereocenters. The van der Waals surface area contributed by atoms with Crippen LogP contribution in [0.25, 0.3) is 0 Å². The first-order valence-corrected chi connectivity index (χ1v) is 5.88. The second-order valence-corrected chi connectivity index (χ2v) is 4.01. The standard InChI is InChI=1S/C13H18FNO3/c1-3-18-9(2)7-15-8-11-6-10(13(16)17)4-5-12(11)14/h4-6,9,15H,3,7-8H2,1-2H3,(H,16,17). The van der Waals surface area contributed by atoms with Crippen LogP contribution >= 0.6 is 0 Å². The first-order chi connectivity index (χ1) is 8.54. The summed E-state index contributed by atoms with van der Waals surface area (Å²) in [5.74, 6) is -1.46. The Hall–Kier alpha value is -1.46. The second-order valence-electron chi connectivity index (χ2n) is 4.01. The van der Waals surface area contributed by atoms with Gasteiger partial charge in [0.1, 0.15) is 5.82 Å². The van der Waals surface area contributed by atoms with Crippen molar-refractivity contribution in [2.45, 2.75) is 26.5 Å². The number of carboxylic acids is 1. The maximum Gasteiger partial charge on any atom is 0.335 e. The number of halogens is 1. The number of hydrogen-bond acceptors (Lipinski definition) is 3. The second kappa shape index (κ2) is 7.08. The normalized spacial score (nSPS) is 12.4. The van der Waals surface area contributed by atoms with E-state index in [0.717, 1.165) is 0 Å². The van der Waals surface area contributed by atoms with E-state index in [1.165, 1.54) is 18.2 Å². The highest BCUT2D eigenvalue weighted by atomic mass is 19.1. The zero-order valence-electron chi connectivity index (χ0n) is 10.6. The Kier molecular flexibility index (Phi) is 5.74. The molecule has 0 radical (unpaired) electrons. The number of hydrogen-bond donors (Lipinski definition) is 2. The van der Waals surface area contributed by atoms with Crippen molar-refractivity contribution in [1.82, 2.24) is 5.32 Å². The number of benzene rings is 1. The minimum atomic E-state index is -1.06. The van der Waals surface area contributed by atoms with Crippen molar-refractivity contribution in [3.8, 4) is 0 Å². The topological polar surface area (TPSA) is 58.6 Å². The van der Waals surface area contributed by atoms with E-state index in [1.54, 1.807) is 0 Å². The van der Waals surface area contributed by atoms with E-state index in [2.05, 4.69) is 5.32 Å². The number of rotatable bonds is 7. The third kappa shape index (κ3) is 4.43. The summed E-state index contributed by atoms with van der Waals surface area (Å²) in [4.78, 5) is 10.8. The smallest absolute Gasteiger partial charge is 0.335 e. The van der Waals surface area contributed by atoms with Crippen LogP contribution in [0.15, 0.2) is 18.2 Å². The van der Waals surface area contributed by atoms with Gasteiger partial charge in [0.2, 0.25) is 0 Å². The monoisotopic (exact) mass is 255 g/mol. The van der Waals surface area contributed by atoms with Gasteiger partial charge in [-0.1, -0.05) is 0 Å². The molecule has 1 aromatic rings. The predicted octanol–water partition coefficient (Wildman–Crippen LogP) is 2.04. The molecule has 5 heteroatoms. The molecule has 0 bridgehead atoms. The quantitative estimate of drug-likeness (QED) is 0.782. The molecule has 0 saturated carbocycles. The third-order valence-corrected chi connectivity index (χ3v) is 2.49. The summed E-state index contributed by atoms with van der Waals surface area (Å²) < 4.78 is 18.8. The summed E-state index contributed by atoms with van der Waals surface area (Å²) in [6, 6.07) is 3.77. The van der Waals surface area contributed by atoms with Crippen LogP contribution in [0.2, 0.25) is 0 Å². The van der Waals surface area contributed by atoms with E-state index in [1.807, 2.05) is 13.8 Å². The molecule has 1 atom stereocenters. The summed E-state index contributed by atoms with van der Waals surface area (Å²) in [5.41, 5.74) is 0.435. The van der Waals surface area contributed by atoms with Crippen LogP contribution in [0, 0.1) is 5.82 Å². The van der Waals surface area contributed by atoms with E-state index in [0.29, 0.717) is 18.7 Å². The zero-order valence-corrected chi connectivity index (χ0v) is 10.6. The first-order valence-electron chi connectivity index (χ1n) is 5.88. The Bertz CT molecular complexity index is 409. The Labute approximate surface area is 106 Å². The molecular formula is C13H18FNO3. The van der Waals surface area contributed by atoms with Gasteiger partial charge in [0.05, 0.1) is 11.7 Å². The Morgan fingerprint density at radius 2 is 2.28 bits per heavy atom.